The number of nitrogens with zero attached hydrogens (tertiary/aromatic N) is 1. The molecular weight excluding hydrogens is 242 g/mol. The third-order valence-electron chi connectivity index (χ3n) is 3.57. The number of likely N-dealkylation sites (tertiary alicyclic amines) is 1. The Labute approximate surface area is 116 Å². The van der Waals surface area contributed by atoms with Gasteiger partial charge in [-0.3, -0.25) is 0 Å². The summed E-state index contributed by atoms with van der Waals surface area (Å²) in [5.41, 5.74) is -0.410. The minimum Gasteiger partial charge on any atom is -0.444 e. The van der Waals surface area contributed by atoms with E-state index in [1.54, 1.807) is 0 Å². The van der Waals surface area contributed by atoms with Crippen LogP contribution in [0.1, 0.15) is 46.5 Å². The van der Waals surface area contributed by atoms with Gasteiger partial charge in [0, 0.05) is 25.6 Å². The highest BCUT2D eigenvalue weighted by atomic mass is 16.6. The summed E-state index contributed by atoms with van der Waals surface area (Å²) in [6.07, 6.45) is 4.68. The molecule has 2 rings (SSSR count). The summed E-state index contributed by atoms with van der Waals surface area (Å²) in [7, 11) is 0. The topological polar surface area (TPSA) is 38.8 Å². The molecule has 1 heterocycles. The van der Waals surface area contributed by atoms with Gasteiger partial charge in [-0.05, 0) is 52.4 Å². The maximum absolute atomic E-state index is 12.0. The zero-order chi connectivity index (χ0) is 13.9. The number of amides is 1. The molecule has 19 heavy (non-hydrogen) atoms. The SMILES string of the molecule is CC(C)(C)OC(=O)N1CCC[C@H](COCC2CC2)C1. The second kappa shape index (κ2) is 6.12. The van der Waals surface area contributed by atoms with Gasteiger partial charge in [0.15, 0.2) is 0 Å². The number of hydrogen-bond acceptors (Lipinski definition) is 3. The molecule has 2 fully saturated rings. The second-order valence-corrected chi connectivity index (χ2v) is 6.92. The Balaban J connectivity index is 1.70. The van der Waals surface area contributed by atoms with Crippen molar-refractivity contribution in [3.05, 3.63) is 0 Å². The Morgan fingerprint density at radius 1 is 1.16 bits per heavy atom. The lowest BCUT2D eigenvalue weighted by Crippen LogP contribution is -2.43. The standard InChI is InChI=1S/C15H27NO3/c1-15(2,3)19-14(17)16-8-4-5-13(9-16)11-18-10-12-6-7-12/h12-13H,4-11H2,1-3H3/t13-/m0/s1. The molecule has 4 nitrogen and oxygen atoms in total. The van der Waals surface area contributed by atoms with E-state index in [9.17, 15) is 4.79 Å². The monoisotopic (exact) mass is 269 g/mol. The summed E-state index contributed by atoms with van der Waals surface area (Å²) in [6.45, 7) is 9.01. The van der Waals surface area contributed by atoms with Crippen LogP contribution in [-0.2, 0) is 9.47 Å². The molecule has 0 bridgehead atoms. The molecule has 0 spiro atoms. The van der Waals surface area contributed by atoms with Crippen LogP contribution in [0.4, 0.5) is 4.79 Å². The summed E-state index contributed by atoms with van der Waals surface area (Å²) < 4.78 is 11.2. The molecule has 1 amide bonds. The first-order valence-corrected chi connectivity index (χ1v) is 7.50. The van der Waals surface area contributed by atoms with E-state index in [-0.39, 0.29) is 6.09 Å². The summed E-state index contributed by atoms with van der Waals surface area (Å²) in [4.78, 5) is 13.8. The van der Waals surface area contributed by atoms with Crippen LogP contribution >= 0.6 is 0 Å². The van der Waals surface area contributed by atoms with Crippen molar-refractivity contribution in [3.63, 3.8) is 0 Å². The van der Waals surface area contributed by atoms with Gasteiger partial charge in [0.2, 0.25) is 0 Å². The smallest absolute Gasteiger partial charge is 0.410 e. The molecule has 0 unspecified atom stereocenters. The van der Waals surface area contributed by atoms with Crippen LogP contribution in [0.5, 0.6) is 0 Å². The first-order valence-electron chi connectivity index (χ1n) is 7.50. The Morgan fingerprint density at radius 2 is 1.84 bits per heavy atom. The molecule has 0 aromatic rings. The summed E-state index contributed by atoms with van der Waals surface area (Å²) in [5.74, 6) is 1.28. The van der Waals surface area contributed by atoms with Gasteiger partial charge in [0.25, 0.3) is 0 Å². The average molecular weight is 269 g/mol. The van der Waals surface area contributed by atoms with Gasteiger partial charge in [0.1, 0.15) is 5.60 Å². The Morgan fingerprint density at radius 3 is 2.47 bits per heavy atom. The number of carbonyl (C=O) groups is 1. The first kappa shape index (κ1) is 14.6. The lowest BCUT2D eigenvalue weighted by molar-refractivity contribution is 0.00675. The third-order valence-corrected chi connectivity index (χ3v) is 3.57. The van der Waals surface area contributed by atoms with Gasteiger partial charge in [-0.1, -0.05) is 0 Å². The summed E-state index contributed by atoms with van der Waals surface area (Å²) in [5, 5.41) is 0. The molecule has 0 aromatic carbocycles. The summed E-state index contributed by atoms with van der Waals surface area (Å²) >= 11 is 0. The highest BCUT2D eigenvalue weighted by Gasteiger charge is 2.28. The van der Waals surface area contributed by atoms with Crippen molar-refractivity contribution in [2.45, 2.75) is 52.1 Å². The zero-order valence-electron chi connectivity index (χ0n) is 12.5. The highest BCUT2D eigenvalue weighted by Crippen LogP contribution is 2.29. The molecular formula is C15H27NO3. The fourth-order valence-electron chi connectivity index (χ4n) is 2.38. The first-order chi connectivity index (χ1) is 8.94. The van der Waals surface area contributed by atoms with Crippen LogP contribution in [0.25, 0.3) is 0 Å². The molecule has 0 aromatic heterocycles. The molecule has 4 heteroatoms. The van der Waals surface area contributed by atoms with Crippen molar-refractivity contribution in [2.24, 2.45) is 11.8 Å². The average Bonchev–Trinajstić information content (AvgIpc) is 3.11. The van der Waals surface area contributed by atoms with Gasteiger partial charge in [-0.2, -0.15) is 0 Å². The van der Waals surface area contributed by atoms with Crippen molar-refractivity contribution in [2.75, 3.05) is 26.3 Å². The van der Waals surface area contributed by atoms with E-state index >= 15 is 0 Å². The van der Waals surface area contributed by atoms with E-state index in [4.69, 9.17) is 9.47 Å². The Kier molecular flexibility index (Phi) is 4.71. The molecule has 1 saturated heterocycles. The number of ether oxygens (including phenoxy) is 2. The van der Waals surface area contributed by atoms with E-state index in [0.717, 1.165) is 45.1 Å². The Hall–Kier alpha value is -0.770. The van der Waals surface area contributed by atoms with Crippen LogP contribution in [0.15, 0.2) is 0 Å². The third kappa shape index (κ3) is 5.39. The van der Waals surface area contributed by atoms with Gasteiger partial charge < -0.3 is 14.4 Å². The van der Waals surface area contributed by atoms with E-state index in [1.807, 2.05) is 25.7 Å². The van der Waals surface area contributed by atoms with Crippen LogP contribution in [0.2, 0.25) is 0 Å². The maximum atomic E-state index is 12.0. The zero-order valence-corrected chi connectivity index (χ0v) is 12.5. The predicted octanol–water partition coefficient (Wildman–Crippen LogP) is 3.06. The molecule has 1 aliphatic heterocycles. The second-order valence-electron chi connectivity index (χ2n) is 6.92. The molecule has 0 radical (unpaired) electrons. The van der Waals surface area contributed by atoms with Crippen molar-refractivity contribution < 1.29 is 14.3 Å². The lowest BCUT2D eigenvalue weighted by atomic mass is 9.99. The van der Waals surface area contributed by atoms with Crippen LogP contribution in [-0.4, -0.2) is 42.9 Å². The Bertz CT molecular complexity index is 307. The quantitative estimate of drug-likeness (QED) is 0.787. The number of piperidine rings is 1. The van der Waals surface area contributed by atoms with Gasteiger partial charge in [-0.25, -0.2) is 4.79 Å². The van der Waals surface area contributed by atoms with E-state index in [0.29, 0.717) is 5.92 Å². The number of hydrogen-bond donors (Lipinski definition) is 0. The van der Waals surface area contributed by atoms with Crippen molar-refractivity contribution in [3.8, 4) is 0 Å². The van der Waals surface area contributed by atoms with Crippen LogP contribution in [0.3, 0.4) is 0 Å². The van der Waals surface area contributed by atoms with Gasteiger partial charge >= 0.3 is 6.09 Å². The van der Waals surface area contributed by atoms with Crippen molar-refractivity contribution in [1.29, 1.82) is 0 Å². The lowest BCUT2D eigenvalue weighted by Gasteiger charge is -2.34. The fraction of sp³-hybridized carbons (Fsp3) is 0.933. The molecule has 1 atom stereocenters. The fourth-order valence-corrected chi connectivity index (χ4v) is 2.38. The molecule has 0 N–H and O–H groups in total. The van der Waals surface area contributed by atoms with E-state index in [2.05, 4.69) is 0 Å². The van der Waals surface area contributed by atoms with E-state index in [1.165, 1.54) is 12.8 Å². The predicted molar refractivity (Wildman–Crippen MR) is 74.1 cm³/mol. The molecule has 110 valence electrons. The maximum Gasteiger partial charge on any atom is 0.410 e. The molecule has 1 saturated carbocycles. The minimum atomic E-state index is -0.410. The van der Waals surface area contributed by atoms with Crippen molar-refractivity contribution >= 4 is 6.09 Å². The molecule has 1 aliphatic carbocycles. The van der Waals surface area contributed by atoms with Crippen molar-refractivity contribution in [1.82, 2.24) is 4.90 Å². The van der Waals surface area contributed by atoms with Gasteiger partial charge in [-0.15, -0.1) is 0 Å². The largest absolute Gasteiger partial charge is 0.444 e. The van der Waals surface area contributed by atoms with Gasteiger partial charge in [0.05, 0.1) is 6.61 Å². The number of rotatable bonds is 4. The highest BCUT2D eigenvalue weighted by molar-refractivity contribution is 5.68. The minimum absolute atomic E-state index is 0.181. The van der Waals surface area contributed by atoms with Crippen LogP contribution in [0, 0.1) is 11.8 Å². The number of carbonyl (C=O) groups excluding carboxylic acids is 1. The normalized spacial score (nSPS) is 24.4. The van der Waals surface area contributed by atoms with E-state index < -0.39 is 5.60 Å². The summed E-state index contributed by atoms with van der Waals surface area (Å²) in [6, 6.07) is 0. The molecule has 2 aliphatic rings. The van der Waals surface area contributed by atoms with Crippen LogP contribution < -0.4 is 0 Å².